The highest BCUT2D eigenvalue weighted by molar-refractivity contribution is 5.37. The molecule has 1 aliphatic rings. The van der Waals surface area contributed by atoms with Crippen molar-refractivity contribution in [2.75, 3.05) is 19.6 Å². The number of hydrogen-bond donors (Lipinski definition) is 1. The zero-order valence-electron chi connectivity index (χ0n) is 12.8. The standard InChI is InChI=1S/C17H25N3/c1-13(2)20-7-6-16(12-20)10-19-11-17-5-4-15(9-18)8-14(17)3/h4-5,8,13,16,19H,6-7,10-12H2,1-3H3. The van der Waals surface area contributed by atoms with Crippen LogP contribution in [0.15, 0.2) is 18.2 Å². The highest BCUT2D eigenvalue weighted by Gasteiger charge is 2.23. The van der Waals surface area contributed by atoms with E-state index in [2.05, 4.69) is 43.1 Å². The normalized spacial score (nSPS) is 19.4. The second kappa shape index (κ2) is 6.88. The summed E-state index contributed by atoms with van der Waals surface area (Å²) in [6.07, 6.45) is 1.30. The van der Waals surface area contributed by atoms with Gasteiger partial charge in [-0.2, -0.15) is 5.26 Å². The Kier molecular flexibility index (Phi) is 5.17. The van der Waals surface area contributed by atoms with Gasteiger partial charge in [-0.1, -0.05) is 6.07 Å². The fraction of sp³-hybridized carbons (Fsp3) is 0.588. The van der Waals surface area contributed by atoms with Crippen molar-refractivity contribution in [3.05, 3.63) is 34.9 Å². The quantitative estimate of drug-likeness (QED) is 0.895. The molecule has 1 atom stereocenters. The van der Waals surface area contributed by atoms with Crippen LogP contribution in [0.1, 0.15) is 37.0 Å². The Morgan fingerprint density at radius 3 is 2.85 bits per heavy atom. The van der Waals surface area contributed by atoms with E-state index >= 15 is 0 Å². The van der Waals surface area contributed by atoms with Crippen LogP contribution in [-0.4, -0.2) is 30.6 Å². The minimum Gasteiger partial charge on any atom is -0.312 e. The third kappa shape index (κ3) is 3.82. The first-order valence-electron chi connectivity index (χ1n) is 7.54. The zero-order chi connectivity index (χ0) is 14.5. The molecule has 20 heavy (non-hydrogen) atoms. The van der Waals surface area contributed by atoms with Crippen molar-refractivity contribution in [3.63, 3.8) is 0 Å². The molecule has 0 spiro atoms. The van der Waals surface area contributed by atoms with Crippen LogP contribution < -0.4 is 5.32 Å². The van der Waals surface area contributed by atoms with E-state index in [1.165, 1.54) is 30.6 Å². The van der Waals surface area contributed by atoms with E-state index in [1.54, 1.807) is 0 Å². The van der Waals surface area contributed by atoms with E-state index < -0.39 is 0 Å². The molecule has 0 amide bonds. The van der Waals surface area contributed by atoms with Crippen LogP contribution in [0.5, 0.6) is 0 Å². The van der Waals surface area contributed by atoms with E-state index in [-0.39, 0.29) is 0 Å². The molecular weight excluding hydrogens is 246 g/mol. The van der Waals surface area contributed by atoms with Crippen molar-refractivity contribution >= 4 is 0 Å². The molecule has 2 rings (SSSR count). The molecule has 0 saturated carbocycles. The van der Waals surface area contributed by atoms with Gasteiger partial charge in [-0.15, -0.1) is 0 Å². The maximum atomic E-state index is 8.87. The maximum Gasteiger partial charge on any atom is 0.0991 e. The van der Waals surface area contributed by atoms with Crippen molar-refractivity contribution in [1.29, 1.82) is 5.26 Å². The highest BCUT2D eigenvalue weighted by Crippen LogP contribution is 2.18. The van der Waals surface area contributed by atoms with Crippen molar-refractivity contribution in [3.8, 4) is 6.07 Å². The number of hydrogen-bond acceptors (Lipinski definition) is 3. The average Bonchev–Trinajstić information content (AvgIpc) is 2.89. The van der Waals surface area contributed by atoms with Crippen LogP contribution in [0.4, 0.5) is 0 Å². The third-order valence-electron chi connectivity index (χ3n) is 4.27. The minimum absolute atomic E-state index is 0.667. The van der Waals surface area contributed by atoms with Gasteiger partial charge >= 0.3 is 0 Å². The number of nitrogens with zero attached hydrogens (tertiary/aromatic N) is 2. The highest BCUT2D eigenvalue weighted by atomic mass is 15.2. The molecule has 0 bridgehead atoms. The molecule has 1 aliphatic heterocycles. The number of nitriles is 1. The summed E-state index contributed by atoms with van der Waals surface area (Å²) >= 11 is 0. The Hall–Kier alpha value is -1.37. The molecule has 1 aromatic rings. The second-order valence-electron chi connectivity index (χ2n) is 6.13. The van der Waals surface area contributed by atoms with Gasteiger partial charge < -0.3 is 10.2 Å². The summed E-state index contributed by atoms with van der Waals surface area (Å²) in [6.45, 7) is 11.1. The van der Waals surface area contributed by atoms with Crippen LogP contribution in [0, 0.1) is 24.2 Å². The number of likely N-dealkylation sites (tertiary alicyclic amines) is 1. The van der Waals surface area contributed by atoms with E-state index in [0.717, 1.165) is 24.6 Å². The molecule has 0 aromatic heterocycles. The molecule has 3 heteroatoms. The topological polar surface area (TPSA) is 39.1 Å². The van der Waals surface area contributed by atoms with E-state index in [0.29, 0.717) is 6.04 Å². The molecule has 108 valence electrons. The number of aryl methyl sites for hydroxylation is 1. The summed E-state index contributed by atoms with van der Waals surface area (Å²) < 4.78 is 0. The fourth-order valence-electron chi connectivity index (χ4n) is 2.87. The van der Waals surface area contributed by atoms with Crippen LogP contribution in [0.25, 0.3) is 0 Å². The lowest BCUT2D eigenvalue weighted by atomic mass is 10.0. The summed E-state index contributed by atoms with van der Waals surface area (Å²) in [7, 11) is 0. The first kappa shape index (κ1) is 15.0. The summed E-state index contributed by atoms with van der Waals surface area (Å²) in [5.41, 5.74) is 3.24. The minimum atomic E-state index is 0.667. The lowest BCUT2D eigenvalue weighted by molar-refractivity contribution is 0.264. The molecule has 1 saturated heterocycles. The smallest absolute Gasteiger partial charge is 0.0991 e. The number of rotatable bonds is 5. The lowest BCUT2D eigenvalue weighted by Gasteiger charge is -2.20. The van der Waals surface area contributed by atoms with Gasteiger partial charge in [0.25, 0.3) is 0 Å². The van der Waals surface area contributed by atoms with Gasteiger partial charge in [-0.3, -0.25) is 0 Å². The molecule has 1 N–H and O–H groups in total. The van der Waals surface area contributed by atoms with Gasteiger partial charge in [0, 0.05) is 19.1 Å². The average molecular weight is 271 g/mol. The van der Waals surface area contributed by atoms with E-state index in [4.69, 9.17) is 5.26 Å². The Balaban J connectivity index is 1.78. The lowest BCUT2D eigenvalue weighted by Crippen LogP contribution is -2.30. The van der Waals surface area contributed by atoms with Crippen LogP contribution in [-0.2, 0) is 6.54 Å². The molecule has 0 aliphatic carbocycles. The molecule has 1 heterocycles. The second-order valence-corrected chi connectivity index (χ2v) is 6.13. The Bertz CT molecular complexity index is 487. The zero-order valence-corrected chi connectivity index (χ0v) is 12.8. The first-order valence-corrected chi connectivity index (χ1v) is 7.54. The number of benzene rings is 1. The van der Waals surface area contributed by atoms with Crippen LogP contribution in [0.3, 0.4) is 0 Å². The molecule has 1 unspecified atom stereocenters. The van der Waals surface area contributed by atoms with Gasteiger partial charge in [0.2, 0.25) is 0 Å². The van der Waals surface area contributed by atoms with Gasteiger partial charge in [-0.25, -0.2) is 0 Å². The molecular formula is C17H25N3. The first-order chi connectivity index (χ1) is 9.60. The van der Waals surface area contributed by atoms with Gasteiger partial charge in [0.15, 0.2) is 0 Å². The van der Waals surface area contributed by atoms with Crippen molar-refractivity contribution in [2.24, 2.45) is 5.92 Å². The Morgan fingerprint density at radius 1 is 1.45 bits per heavy atom. The van der Waals surface area contributed by atoms with Crippen molar-refractivity contribution in [2.45, 2.75) is 39.8 Å². The van der Waals surface area contributed by atoms with Crippen LogP contribution >= 0.6 is 0 Å². The van der Waals surface area contributed by atoms with Crippen LogP contribution in [0.2, 0.25) is 0 Å². The van der Waals surface area contributed by atoms with Gasteiger partial charge in [-0.05, 0) is 69.5 Å². The maximum absolute atomic E-state index is 8.87. The van der Waals surface area contributed by atoms with E-state index in [1.807, 2.05) is 12.1 Å². The molecule has 0 radical (unpaired) electrons. The molecule has 3 nitrogen and oxygen atoms in total. The summed E-state index contributed by atoms with van der Waals surface area (Å²) in [4.78, 5) is 2.55. The van der Waals surface area contributed by atoms with E-state index in [9.17, 15) is 0 Å². The molecule has 1 aromatic carbocycles. The Labute approximate surface area is 122 Å². The van der Waals surface area contributed by atoms with Crippen molar-refractivity contribution < 1.29 is 0 Å². The summed E-state index contributed by atoms with van der Waals surface area (Å²) in [5.74, 6) is 0.774. The summed E-state index contributed by atoms with van der Waals surface area (Å²) in [5, 5.41) is 12.4. The fourth-order valence-corrected chi connectivity index (χ4v) is 2.87. The monoisotopic (exact) mass is 271 g/mol. The summed E-state index contributed by atoms with van der Waals surface area (Å²) in [6, 6.07) is 8.79. The van der Waals surface area contributed by atoms with Crippen molar-refractivity contribution in [1.82, 2.24) is 10.2 Å². The predicted octanol–water partition coefficient (Wildman–Crippen LogP) is 2.69. The SMILES string of the molecule is Cc1cc(C#N)ccc1CNCC1CCN(C(C)C)C1. The largest absolute Gasteiger partial charge is 0.312 e. The molecule has 1 fully saturated rings. The third-order valence-corrected chi connectivity index (χ3v) is 4.27. The predicted molar refractivity (Wildman–Crippen MR) is 82.4 cm³/mol. The van der Waals surface area contributed by atoms with Gasteiger partial charge in [0.1, 0.15) is 0 Å². The van der Waals surface area contributed by atoms with Gasteiger partial charge in [0.05, 0.1) is 11.6 Å². The number of nitrogens with one attached hydrogen (secondary N) is 1. The Morgan fingerprint density at radius 2 is 2.25 bits per heavy atom.